The van der Waals surface area contributed by atoms with Gasteiger partial charge in [0.15, 0.2) is 23.1 Å². The number of hydrogen-bond donors (Lipinski definition) is 3. The minimum Gasteiger partial charge on any atom is -1.00 e. The fourth-order valence-corrected chi connectivity index (χ4v) is 4.50. The molecule has 2 amide bonds. The van der Waals surface area contributed by atoms with Crippen molar-refractivity contribution in [2.24, 2.45) is 5.41 Å². The number of halogens is 2. The summed E-state index contributed by atoms with van der Waals surface area (Å²) in [7, 11) is 0. The van der Waals surface area contributed by atoms with Gasteiger partial charge in [0.25, 0.3) is 0 Å². The van der Waals surface area contributed by atoms with Crippen molar-refractivity contribution in [1.82, 2.24) is 4.98 Å². The number of aromatic nitrogens is 1. The number of nitrogens with one attached hydrogen (secondary N) is 2. The molecule has 0 spiro atoms. The summed E-state index contributed by atoms with van der Waals surface area (Å²) in [6, 6.07) is 14.0. The summed E-state index contributed by atoms with van der Waals surface area (Å²) in [6.45, 7) is 2.31. The second-order valence-electron chi connectivity index (χ2n) is 10.1. The van der Waals surface area contributed by atoms with Crippen molar-refractivity contribution in [2.75, 3.05) is 23.8 Å². The Morgan fingerprint density at radius 3 is 2.20 bits per heavy atom. The number of aliphatic carboxylic acids is 1. The van der Waals surface area contributed by atoms with Gasteiger partial charge in [0.05, 0.1) is 18.7 Å². The smallest absolute Gasteiger partial charge is 1.00 e. The Kier molecular flexibility index (Phi) is 10.6. The van der Waals surface area contributed by atoms with Crippen molar-refractivity contribution in [2.45, 2.75) is 32.6 Å². The number of carboxylic acids is 1. The quantitative estimate of drug-likeness (QED) is 0.119. The van der Waals surface area contributed by atoms with Crippen LogP contribution in [0.15, 0.2) is 66.9 Å². The van der Waals surface area contributed by atoms with Crippen molar-refractivity contribution < 1.29 is 62.8 Å². The van der Waals surface area contributed by atoms with Gasteiger partial charge in [0, 0.05) is 41.5 Å². The van der Waals surface area contributed by atoms with Crippen LogP contribution < -0.4 is 43.7 Å². The third-order valence-corrected chi connectivity index (χ3v) is 6.99. The number of carboxylic acid groups (broad SMARTS) is 1. The van der Waals surface area contributed by atoms with Crippen molar-refractivity contribution in [3.05, 3.63) is 78.5 Å². The van der Waals surface area contributed by atoms with E-state index in [9.17, 15) is 18.8 Å². The van der Waals surface area contributed by atoms with E-state index in [4.69, 9.17) is 19.3 Å². The summed E-state index contributed by atoms with van der Waals surface area (Å²) in [4.78, 5) is 41.0. The fourth-order valence-electron chi connectivity index (χ4n) is 4.50. The molecule has 1 aliphatic carbocycles. The first-order valence-corrected chi connectivity index (χ1v) is 13.9. The minimum absolute atomic E-state index is 0. The Morgan fingerprint density at radius 2 is 1.56 bits per heavy atom. The van der Waals surface area contributed by atoms with Crippen LogP contribution in [-0.2, 0) is 14.4 Å². The van der Waals surface area contributed by atoms with E-state index in [1.807, 2.05) is 0 Å². The molecule has 1 fully saturated rings. The summed E-state index contributed by atoms with van der Waals surface area (Å²) in [5.74, 6) is -2.26. The number of rotatable bonds is 13. The average molecular weight is 614 g/mol. The number of benzene rings is 3. The van der Waals surface area contributed by atoms with Gasteiger partial charge in [-0.2, -0.15) is 0 Å². The number of nitrogens with zero attached hydrogens (tertiary/aromatic N) is 1. The van der Waals surface area contributed by atoms with Crippen LogP contribution in [-0.4, -0.2) is 41.1 Å². The van der Waals surface area contributed by atoms with Gasteiger partial charge < -0.3 is 31.4 Å². The molecule has 1 heterocycles. The SMILES string of the molecule is CCOc1cc2c(Oc3ccc(NC(=O)C4(C(=O)Nc5ccc(F)cc5)CC4)cc3F)ccnc2cc1OCCCC(=O)O.[H-].[Li+]. The molecule has 0 unspecified atom stereocenters. The van der Waals surface area contributed by atoms with Crippen LogP contribution in [0.4, 0.5) is 20.2 Å². The van der Waals surface area contributed by atoms with Crippen molar-refractivity contribution >= 4 is 40.1 Å². The number of anilines is 2. The molecule has 3 aromatic carbocycles. The van der Waals surface area contributed by atoms with Crippen LogP contribution in [0.3, 0.4) is 0 Å². The summed E-state index contributed by atoms with van der Waals surface area (Å²) < 4.78 is 45.7. The Balaban J connectivity index is 0.00000288. The van der Waals surface area contributed by atoms with Crippen molar-refractivity contribution in [3.8, 4) is 23.0 Å². The Morgan fingerprint density at radius 1 is 0.889 bits per heavy atom. The third kappa shape index (κ3) is 7.90. The summed E-state index contributed by atoms with van der Waals surface area (Å²) in [5.41, 5.74) is -0.312. The van der Waals surface area contributed by atoms with Crippen LogP contribution in [0.5, 0.6) is 23.0 Å². The van der Waals surface area contributed by atoms with Gasteiger partial charge in [-0.25, -0.2) is 8.78 Å². The number of ether oxygens (including phenoxy) is 3. The standard InChI is InChI=1S/C32H29F2N3O7.Li.H/c1-2-42-27-17-22-24(18-28(27)43-15-3-4-29(38)39)35-14-11-25(22)44-26-10-9-21(16-23(26)34)37-31(41)32(12-13-32)30(40)36-20-7-5-19(33)6-8-20;;/h5-11,14,16-18H,2-4,12-13,15H2,1H3,(H,36,40)(H,37,41)(H,38,39);;/q;+1;-1. The molecule has 5 rings (SSSR count). The first kappa shape index (κ1) is 33.2. The molecule has 0 saturated heterocycles. The summed E-state index contributed by atoms with van der Waals surface area (Å²) >= 11 is 0. The van der Waals surface area contributed by atoms with Gasteiger partial charge in [-0.3, -0.25) is 19.4 Å². The number of carbonyl (C=O) groups is 3. The molecular weight excluding hydrogens is 583 g/mol. The van der Waals surface area contributed by atoms with E-state index < -0.39 is 34.8 Å². The second kappa shape index (κ2) is 14.4. The van der Waals surface area contributed by atoms with E-state index in [1.54, 1.807) is 25.1 Å². The van der Waals surface area contributed by atoms with Crippen LogP contribution in [0.2, 0.25) is 0 Å². The van der Waals surface area contributed by atoms with Gasteiger partial charge in [-0.05, 0) is 74.7 Å². The summed E-state index contributed by atoms with van der Waals surface area (Å²) in [5, 5.41) is 14.6. The van der Waals surface area contributed by atoms with E-state index in [0.717, 1.165) is 6.07 Å². The van der Waals surface area contributed by atoms with E-state index in [1.165, 1.54) is 42.6 Å². The maximum atomic E-state index is 15.2. The molecule has 1 aromatic heterocycles. The molecule has 10 nitrogen and oxygen atoms in total. The third-order valence-electron chi connectivity index (χ3n) is 6.99. The van der Waals surface area contributed by atoms with Crippen LogP contribution in [0.25, 0.3) is 10.9 Å². The number of fused-ring (bicyclic) bond motifs is 1. The zero-order valence-corrected chi connectivity index (χ0v) is 24.7. The largest absolute Gasteiger partial charge is 1.00 e. The second-order valence-corrected chi connectivity index (χ2v) is 10.1. The van der Waals surface area contributed by atoms with Gasteiger partial charge in [0.2, 0.25) is 11.8 Å². The van der Waals surface area contributed by atoms with Gasteiger partial charge in [-0.1, -0.05) is 0 Å². The molecule has 13 heteroatoms. The Bertz CT molecular complexity index is 1720. The molecule has 0 radical (unpaired) electrons. The molecule has 45 heavy (non-hydrogen) atoms. The van der Waals surface area contributed by atoms with Crippen molar-refractivity contribution in [3.63, 3.8) is 0 Å². The topological polar surface area (TPSA) is 136 Å². The maximum absolute atomic E-state index is 15.2. The van der Waals surface area contributed by atoms with Crippen LogP contribution in [0.1, 0.15) is 34.0 Å². The van der Waals surface area contributed by atoms with Crippen LogP contribution >= 0.6 is 0 Å². The van der Waals surface area contributed by atoms with Crippen molar-refractivity contribution in [1.29, 1.82) is 0 Å². The van der Waals surface area contributed by atoms with Crippen LogP contribution in [0, 0.1) is 17.0 Å². The molecule has 0 bridgehead atoms. The number of pyridine rings is 1. The maximum Gasteiger partial charge on any atom is 1.00 e. The van der Waals surface area contributed by atoms with Gasteiger partial charge in [-0.15, -0.1) is 0 Å². The Labute approximate surface area is 270 Å². The first-order valence-electron chi connectivity index (χ1n) is 13.9. The molecule has 1 aliphatic rings. The predicted molar refractivity (Wildman–Crippen MR) is 158 cm³/mol. The van der Waals surface area contributed by atoms with E-state index in [2.05, 4.69) is 15.6 Å². The van der Waals surface area contributed by atoms with Gasteiger partial charge >= 0.3 is 24.8 Å². The fraction of sp³-hybridized carbons (Fsp3) is 0.250. The zero-order chi connectivity index (χ0) is 31.3. The van der Waals surface area contributed by atoms with E-state index in [-0.39, 0.29) is 44.8 Å². The normalized spacial score (nSPS) is 12.9. The molecular formula is C32H30F2LiN3O7. The zero-order valence-electron chi connectivity index (χ0n) is 25.7. The molecule has 4 aromatic rings. The van der Waals surface area contributed by atoms with E-state index in [0.29, 0.717) is 59.7 Å². The molecule has 0 aliphatic heterocycles. The summed E-state index contributed by atoms with van der Waals surface area (Å²) in [6.07, 6.45) is 2.42. The number of carbonyl (C=O) groups excluding carboxylic acids is 2. The van der Waals surface area contributed by atoms with E-state index >= 15 is 4.39 Å². The average Bonchev–Trinajstić information content (AvgIpc) is 3.81. The number of amides is 2. The molecule has 0 atom stereocenters. The monoisotopic (exact) mass is 613 g/mol. The number of hydrogen-bond acceptors (Lipinski definition) is 7. The predicted octanol–water partition coefficient (Wildman–Crippen LogP) is 3.42. The molecule has 3 N–H and O–H groups in total. The first-order chi connectivity index (χ1) is 21.2. The minimum atomic E-state index is -1.30. The Hall–Kier alpha value is -4.66. The molecule has 1 saturated carbocycles. The van der Waals surface area contributed by atoms with Gasteiger partial charge in [0.1, 0.15) is 17.0 Å². The molecule has 230 valence electrons.